The Morgan fingerprint density at radius 3 is 0.955 bits per heavy atom. The molecule has 0 radical (unpaired) electrons. The van der Waals surface area contributed by atoms with E-state index in [-0.39, 0.29) is 31.1 Å². The molecule has 6 nitrogen and oxygen atoms in total. The lowest BCUT2D eigenvalue weighted by Crippen LogP contribution is -2.30. The van der Waals surface area contributed by atoms with E-state index in [1.165, 1.54) is 128 Å². The molecule has 0 aliphatic rings. The molecule has 0 heterocycles. The molecule has 0 aromatic carbocycles. The Hall–Kier alpha value is -3.15. The first-order valence-electron chi connectivity index (χ1n) is 28.4. The van der Waals surface area contributed by atoms with Gasteiger partial charge in [0, 0.05) is 19.3 Å². The number of allylic oxidation sites excluding steroid dienone is 12. The fourth-order valence-corrected chi connectivity index (χ4v) is 7.93. The van der Waals surface area contributed by atoms with Crippen LogP contribution in [0, 0.1) is 0 Å². The van der Waals surface area contributed by atoms with E-state index in [4.69, 9.17) is 14.2 Å². The molecule has 0 bridgehead atoms. The Kier molecular flexibility index (Phi) is 52.8. The summed E-state index contributed by atoms with van der Waals surface area (Å²) in [6.07, 6.45) is 70.3. The van der Waals surface area contributed by atoms with Crippen LogP contribution in [0.3, 0.4) is 0 Å². The van der Waals surface area contributed by atoms with E-state index in [0.717, 1.165) is 109 Å². The third-order valence-electron chi connectivity index (χ3n) is 12.2. The van der Waals surface area contributed by atoms with Crippen molar-refractivity contribution < 1.29 is 28.6 Å². The second kappa shape index (κ2) is 55.4. The number of esters is 3. The van der Waals surface area contributed by atoms with Gasteiger partial charge in [-0.2, -0.15) is 0 Å². The van der Waals surface area contributed by atoms with Crippen LogP contribution in [0.1, 0.15) is 278 Å². The molecule has 0 N–H and O–H groups in total. The average molecular weight is 936 g/mol. The number of hydrogen-bond donors (Lipinski definition) is 0. The van der Waals surface area contributed by atoms with Crippen molar-refractivity contribution in [2.75, 3.05) is 13.2 Å². The summed E-state index contributed by atoms with van der Waals surface area (Å²) < 4.78 is 16.8. The van der Waals surface area contributed by atoms with Crippen molar-refractivity contribution in [2.24, 2.45) is 0 Å². The highest BCUT2D eigenvalue weighted by molar-refractivity contribution is 5.71. The normalized spacial score (nSPS) is 12.6. The molecule has 1 atom stereocenters. The fraction of sp³-hybridized carbons (Fsp3) is 0.754. The lowest BCUT2D eigenvalue weighted by atomic mass is 10.0. The van der Waals surface area contributed by atoms with Crippen LogP contribution in [-0.4, -0.2) is 37.2 Å². The predicted molar refractivity (Wildman–Crippen MR) is 288 cm³/mol. The van der Waals surface area contributed by atoms with Gasteiger partial charge < -0.3 is 14.2 Å². The van der Waals surface area contributed by atoms with Crippen molar-refractivity contribution in [2.45, 2.75) is 284 Å². The van der Waals surface area contributed by atoms with Gasteiger partial charge >= 0.3 is 17.9 Å². The van der Waals surface area contributed by atoms with Crippen LogP contribution in [0.2, 0.25) is 0 Å². The van der Waals surface area contributed by atoms with E-state index < -0.39 is 6.10 Å². The van der Waals surface area contributed by atoms with Crippen LogP contribution in [0.4, 0.5) is 0 Å². The van der Waals surface area contributed by atoms with Gasteiger partial charge in [0.25, 0.3) is 0 Å². The lowest BCUT2D eigenvalue weighted by molar-refractivity contribution is -0.167. The number of ether oxygens (including phenoxy) is 3. The molecule has 0 aliphatic heterocycles. The highest BCUT2D eigenvalue weighted by Gasteiger charge is 2.19. The van der Waals surface area contributed by atoms with Crippen molar-refractivity contribution in [1.82, 2.24) is 0 Å². The summed E-state index contributed by atoms with van der Waals surface area (Å²) >= 11 is 0. The lowest BCUT2D eigenvalue weighted by Gasteiger charge is -2.18. The minimum absolute atomic E-state index is 0.0871. The number of rotatable bonds is 51. The zero-order valence-corrected chi connectivity index (χ0v) is 44.2. The Morgan fingerprint density at radius 1 is 0.313 bits per heavy atom. The number of carbonyl (C=O) groups is 3. The second-order valence-corrected chi connectivity index (χ2v) is 18.8. The standard InChI is InChI=1S/C61H106O6/c1-4-7-10-13-16-19-22-25-27-29-30-32-34-37-39-42-45-48-51-54-60(63)66-57-58(67-61(64)55-52-49-46-43-40-35-24-21-18-15-12-9-6-3)56-65-59(62)53-50-47-44-41-38-36-33-31-28-26-23-20-17-14-11-8-5-2/h7,10,16,19,21,24-25,27,30,32,37,39,58H,4-6,8-9,11-15,17-18,20,22-23,26,28-29,31,33-36,38,40-57H2,1-3H3/b10-7-,19-16-,24-21-,27-25-,32-30-,39-37-/t58-/m0/s1. The number of hydrogen-bond acceptors (Lipinski definition) is 6. The van der Waals surface area contributed by atoms with Crippen LogP contribution < -0.4 is 0 Å². The van der Waals surface area contributed by atoms with Gasteiger partial charge in [-0.05, 0) is 89.9 Å². The summed E-state index contributed by atoms with van der Waals surface area (Å²) in [5, 5.41) is 0. The monoisotopic (exact) mass is 935 g/mol. The zero-order chi connectivity index (χ0) is 48.6. The van der Waals surface area contributed by atoms with Crippen molar-refractivity contribution in [3.05, 3.63) is 72.9 Å². The van der Waals surface area contributed by atoms with Crippen LogP contribution in [0.5, 0.6) is 0 Å². The van der Waals surface area contributed by atoms with Gasteiger partial charge in [-0.3, -0.25) is 14.4 Å². The maximum Gasteiger partial charge on any atom is 0.306 e. The number of unbranched alkanes of at least 4 members (excludes halogenated alkanes) is 28. The smallest absolute Gasteiger partial charge is 0.306 e. The molecule has 0 fully saturated rings. The van der Waals surface area contributed by atoms with E-state index in [9.17, 15) is 14.4 Å². The van der Waals surface area contributed by atoms with Crippen molar-refractivity contribution in [1.29, 1.82) is 0 Å². The minimum Gasteiger partial charge on any atom is -0.462 e. The van der Waals surface area contributed by atoms with Gasteiger partial charge in [-0.25, -0.2) is 0 Å². The van der Waals surface area contributed by atoms with Crippen molar-refractivity contribution in [3.63, 3.8) is 0 Å². The predicted octanol–water partition coefficient (Wildman–Crippen LogP) is 19.0. The van der Waals surface area contributed by atoms with Crippen LogP contribution in [-0.2, 0) is 28.6 Å². The van der Waals surface area contributed by atoms with E-state index in [2.05, 4.69) is 93.7 Å². The minimum atomic E-state index is -0.792. The largest absolute Gasteiger partial charge is 0.462 e. The van der Waals surface area contributed by atoms with Crippen LogP contribution >= 0.6 is 0 Å². The topological polar surface area (TPSA) is 78.9 Å². The Labute approximate surface area is 414 Å². The Bertz CT molecular complexity index is 1260. The molecule has 0 unspecified atom stereocenters. The quantitative estimate of drug-likeness (QED) is 0.0262. The molecule has 0 aliphatic carbocycles. The van der Waals surface area contributed by atoms with Crippen LogP contribution in [0.15, 0.2) is 72.9 Å². The van der Waals surface area contributed by atoms with Crippen molar-refractivity contribution >= 4 is 17.9 Å². The molecule has 0 aromatic heterocycles. The van der Waals surface area contributed by atoms with Gasteiger partial charge in [-0.1, -0.05) is 241 Å². The van der Waals surface area contributed by atoms with E-state index in [1.807, 2.05) is 0 Å². The van der Waals surface area contributed by atoms with Gasteiger partial charge in [0.2, 0.25) is 0 Å². The Balaban J connectivity index is 4.41. The average Bonchev–Trinajstić information content (AvgIpc) is 3.33. The highest BCUT2D eigenvalue weighted by Crippen LogP contribution is 2.16. The molecule has 0 saturated heterocycles. The summed E-state index contributed by atoms with van der Waals surface area (Å²) in [6, 6.07) is 0. The highest BCUT2D eigenvalue weighted by atomic mass is 16.6. The molecular weight excluding hydrogens is 829 g/mol. The molecule has 6 heteroatoms. The Morgan fingerprint density at radius 2 is 0.582 bits per heavy atom. The van der Waals surface area contributed by atoms with E-state index >= 15 is 0 Å². The second-order valence-electron chi connectivity index (χ2n) is 18.8. The van der Waals surface area contributed by atoms with Crippen LogP contribution in [0.25, 0.3) is 0 Å². The third-order valence-corrected chi connectivity index (χ3v) is 12.2. The molecule has 67 heavy (non-hydrogen) atoms. The summed E-state index contributed by atoms with van der Waals surface area (Å²) in [5.41, 5.74) is 0. The molecule has 386 valence electrons. The van der Waals surface area contributed by atoms with Crippen molar-refractivity contribution in [3.8, 4) is 0 Å². The molecule has 0 amide bonds. The van der Waals surface area contributed by atoms with E-state index in [1.54, 1.807) is 0 Å². The van der Waals surface area contributed by atoms with E-state index in [0.29, 0.717) is 19.3 Å². The first-order chi connectivity index (χ1) is 33.0. The molecule has 0 spiro atoms. The van der Waals surface area contributed by atoms with Gasteiger partial charge in [0.15, 0.2) is 6.10 Å². The molecule has 0 saturated carbocycles. The first-order valence-corrected chi connectivity index (χ1v) is 28.4. The van der Waals surface area contributed by atoms with Gasteiger partial charge in [-0.15, -0.1) is 0 Å². The summed E-state index contributed by atoms with van der Waals surface area (Å²) in [7, 11) is 0. The maximum absolute atomic E-state index is 12.8. The number of carbonyl (C=O) groups excluding carboxylic acids is 3. The third kappa shape index (κ3) is 53.7. The summed E-state index contributed by atoms with van der Waals surface area (Å²) in [6.45, 7) is 6.50. The fourth-order valence-electron chi connectivity index (χ4n) is 7.93. The molecule has 0 aromatic rings. The maximum atomic E-state index is 12.8. The molecule has 0 rings (SSSR count). The first kappa shape index (κ1) is 63.8. The molecular formula is C61H106O6. The summed E-state index contributed by atoms with van der Waals surface area (Å²) in [5.74, 6) is -0.921. The van der Waals surface area contributed by atoms with Gasteiger partial charge in [0.1, 0.15) is 13.2 Å². The zero-order valence-electron chi connectivity index (χ0n) is 44.2. The SMILES string of the molecule is CC/C=C\C/C=C\C/C=C\C/C=C\C/C=C\CCCCCC(=O)OC[C@H](COC(=O)CCCCCCCCCCCCCCCCCCC)OC(=O)CCCCCCC/C=C\CCCCCC. The van der Waals surface area contributed by atoms with Gasteiger partial charge in [0.05, 0.1) is 0 Å². The summed E-state index contributed by atoms with van der Waals surface area (Å²) in [4.78, 5) is 38.1.